The van der Waals surface area contributed by atoms with Gasteiger partial charge in [-0.1, -0.05) is 25.1 Å². The number of rotatable bonds is 4. The molecule has 1 aliphatic carbocycles. The minimum atomic E-state index is -0.171. The maximum absolute atomic E-state index is 14.1. The monoisotopic (exact) mass is 475 g/mol. The number of esters is 1. The van der Waals surface area contributed by atoms with E-state index >= 15 is 0 Å². The number of ether oxygens (including phenoxy) is 1. The molecule has 2 aliphatic rings. The maximum Gasteiger partial charge on any atom is 0.310 e. The van der Waals surface area contributed by atoms with Crippen molar-refractivity contribution in [2.75, 3.05) is 33.8 Å². The summed E-state index contributed by atoms with van der Waals surface area (Å²) in [4.78, 5) is 18.3. The third-order valence-corrected chi connectivity index (χ3v) is 5.51. The van der Waals surface area contributed by atoms with Crippen LogP contribution < -0.4 is 5.32 Å². The van der Waals surface area contributed by atoms with Crippen LogP contribution in [-0.2, 0) is 14.9 Å². The smallest absolute Gasteiger partial charge is 0.310 e. The highest BCUT2D eigenvalue weighted by Crippen LogP contribution is 2.48. The fourth-order valence-electron chi connectivity index (χ4n) is 3.76. The van der Waals surface area contributed by atoms with Crippen LogP contribution in [0.4, 0.5) is 4.39 Å². The van der Waals surface area contributed by atoms with Gasteiger partial charge in [-0.25, -0.2) is 4.39 Å². The molecule has 7 heteroatoms. The first kappa shape index (κ1) is 20.9. The molecule has 2 fully saturated rings. The third kappa shape index (κ3) is 4.13. The first-order chi connectivity index (χ1) is 12.0. The summed E-state index contributed by atoms with van der Waals surface area (Å²) in [5.41, 5.74) is 0.633. The number of hydrogen-bond donors (Lipinski definition) is 1. The van der Waals surface area contributed by atoms with Crippen molar-refractivity contribution in [1.29, 1.82) is 0 Å². The SMILES string of the molecule is CN=C(NCC1(c2ccccc2F)CC1)N1CC(C)C(C(=O)OC)C1.I. The Hall–Kier alpha value is -1.38. The van der Waals surface area contributed by atoms with Crippen LogP contribution in [0.5, 0.6) is 0 Å². The van der Waals surface area contributed by atoms with Crippen LogP contribution in [0.1, 0.15) is 25.3 Å². The van der Waals surface area contributed by atoms with E-state index in [2.05, 4.69) is 22.1 Å². The molecule has 0 bridgehead atoms. The number of guanidine groups is 1. The maximum atomic E-state index is 14.1. The molecule has 0 aromatic heterocycles. The number of likely N-dealkylation sites (tertiary alicyclic amines) is 1. The summed E-state index contributed by atoms with van der Waals surface area (Å²) in [5, 5.41) is 3.40. The lowest BCUT2D eigenvalue weighted by Gasteiger charge is -2.24. The number of hydrogen-bond acceptors (Lipinski definition) is 3. The lowest BCUT2D eigenvalue weighted by Crippen LogP contribution is -2.43. The first-order valence-corrected chi connectivity index (χ1v) is 8.79. The van der Waals surface area contributed by atoms with Gasteiger partial charge in [-0.05, 0) is 30.4 Å². The van der Waals surface area contributed by atoms with Crippen molar-refractivity contribution in [2.24, 2.45) is 16.8 Å². The van der Waals surface area contributed by atoms with Gasteiger partial charge in [-0.2, -0.15) is 0 Å². The number of benzene rings is 1. The Morgan fingerprint density at radius 1 is 1.38 bits per heavy atom. The number of halogens is 2. The fraction of sp³-hybridized carbons (Fsp3) is 0.579. The number of nitrogens with zero attached hydrogens (tertiary/aromatic N) is 2. The van der Waals surface area contributed by atoms with Crippen molar-refractivity contribution in [3.8, 4) is 0 Å². The van der Waals surface area contributed by atoms with Crippen LogP contribution in [0.15, 0.2) is 29.3 Å². The Labute approximate surface area is 171 Å². The van der Waals surface area contributed by atoms with E-state index in [1.54, 1.807) is 13.1 Å². The van der Waals surface area contributed by atoms with Gasteiger partial charge in [0.1, 0.15) is 5.82 Å². The van der Waals surface area contributed by atoms with E-state index in [-0.39, 0.29) is 53.0 Å². The first-order valence-electron chi connectivity index (χ1n) is 8.79. The van der Waals surface area contributed by atoms with Crippen LogP contribution in [-0.4, -0.2) is 50.6 Å². The van der Waals surface area contributed by atoms with Crippen LogP contribution >= 0.6 is 24.0 Å². The predicted octanol–water partition coefficient (Wildman–Crippen LogP) is 2.79. The molecule has 1 saturated carbocycles. The summed E-state index contributed by atoms with van der Waals surface area (Å²) in [5.74, 6) is 0.533. The number of methoxy groups -OCH3 is 1. The lowest BCUT2D eigenvalue weighted by atomic mass is 9.95. The molecule has 1 aromatic carbocycles. The van der Waals surface area contributed by atoms with Gasteiger partial charge in [0.15, 0.2) is 5.96 Å². The zero-order valence-electron chi connectivity index (χ0n) is 15.5. The molecule has 1 saturated heterocycles. The molecule has 2 atom stereocenters. The van der Waals surface area contributed by atoms with Crippen molar-refractivity contribution >= 4 is 35.9 Å². The molecule has 26 heavy (non-hydrogen) atoms. The van der Waals surface area contributed by atoms with E-state index in [0.29, 0.717) is 13.1 Å². The second-order valence-electron chi connectivity index (χ2n) is 7.17. The molecule has 144 valence electrons. The molecule has 3 rings (SSSR count). The average Bonchev–Trinajstić information content (AvgIpc) is 3.30. The molecule has 0 spiro atoms. The van der Waals surface area contributed by atoms with Crippen LogP contribution in [0.3, 0.4) is 0 Å². The topological polar surface area (TPSA) is 53.9 Å². The van der Waals surface area contributed by atoms with Crippen LogP contribution in [0.25, 0.3) is 0 Å². The lowest BCUT2D eigenvalue weighted by molar-refractivity contribution is -0.145. The van der Waals surface area contributed by atoms with Crippen molar-refractivity contribution < 1.29 is 13.9 Å². The number of carbonyl (C=O) groups is 1. The fourth-order valence-corrected chi connectivity index (χ4v) is 3.76. The number of carbonyl (C=O) groups excluding carboxylic acids is 1. The molecule has 1 aliphatic heterocycles. The van der Waals surface area contributed by atoms with Gasteiger partial charge in [-0.3, -0.25) is 9.79 Å². The Morgan fingerprint density at radius 2 is 2.08 bits per heavy atom. The van der Waals surface area contributed by atoms with E-state index in [1.807, 2.05) is 12.1 Å². The Balaban J connectivity index is 0.00000243. The van der Waals surface area contributed by atoms with Crippen molar-refractivity contribution in [2.45, 2.75) is 25.2 Å². The van der Waals surface area contributed by atoms with Gasteiger partial charge in [0.2, 0.25) is 0 Å². The molecule has 5 nitrogen and oxygen atoms in total. The Morgan fingerprint density at radius 3 is 2.65 bits per heavy atom. The van der Waals surface area contributed by atoms with Gasteiger partial charge in [0, 0.05) is 32.1 Å². The third-order valence-electron chi connectivity index (χ3n) is 5.51. The van der Waals surface area contributed by atoms with Crippen LogP contribution in [0.2, 0.25) is 0 Å². The Kier molecular flexibility index (Phi) is 6.87. The minimum absolute atomic E-state index is 0. The molecule has 1 aromatic rings. The molecule has 2 unspecified atom stereocenters. The number of aliphatic imine (C=N–C) groups is 1. The highest BCUT2D eigenvalue weighted by atomic mass is 127. The van der Waals surface area contributed by atoms with Crippen LogP contribution in [0, 0.1) is 17.7 Å². The van der Waals surface area contributed by atoms with E-state index in [0.717, 1.165) is 30.9 Å². The average molecular weight is 475 g/mol. The summed E-state index contributed by atoms with van der Waals surface area (Å²) in [6.45, 7) is 4.05. The van der Waals surface area contributed by atoms with Crippen molar-refractivity contribution in [3.05, 3.63) is 35.6 Å². The molecule has 1 N–H and O–H groups in total. The zero-order chi connectivity index (χ0) is 18.0. The van der Waals surface area contributed by atoms with Gasteiger partial charge in [0.05, 0.1) is 13.0 Å². The molecule has 1 heterocycles. The summed E-state index contributed by atoms with van der Waals surface area (Å²) in [6, 6.07) is 7.00. The highest BCUT2D eigenvalue weighted by molar-refractivity contribution is 14.0. The predicted molar refractivity (Wildman–Crippen MR) is 110 cm³/mol. The Bertz CT molecular complexity index is 679. The van der Waals surface area contributed by atoms with Crippen molar-refractivity contribution in [1.82, 2.24) is 10.2 Å². The minimum Gasteiger partial charge on any atom is -0.469 e. The van der Waals surface area contributed by atoms with E-state index in [4.69, 9.17) is 4.74 Å². The zero-order valence-corrected chi connectivity index (χ0v) is 17.8. The van der Waals surface area contributed by atoms with E-state index in [1.165, 1.54) is 13.2 Å². The number of nitrogens with one attached hydrogen (secondary N) is 1. The van der Waals surface area contributed by atoms with Gasteiger partial charge in [0.25, 0.3) is 0 Å². The highest BCUT2D eigenvalue weighted by Gasteiger charge is 2.46. The van der Waals surface area contributed by atoms with Gasteiger partial charge >= 0.3 is 5.97 Å². The quantitative estimate of drug-likeness (QED) is 0.315. The molecular formula is C19H27FIN3O2. The normalized spacial score (nSPS) is 24.0. The second kappa shape index (κ2) is 8.54. The molecule has 0 radical (unpaired) electrons. The molecule has 0 amide bonds. The summed E-state index contributed by atoms with van der Waals surface area (Å²) < 4.78 is 19.0. The van der Waals surface area contributed by atoms with Gasteiger partial charge in [-0.15, -0.1) is 24.0 Å². The van der Waals surface area contributed by atoms with Gasteiger partial charge < -0.3 is 15.0 Å². The summed E-state index contributed by atoms with van der Waals surface area (Å²) >= 11 is 0. The summed E-state index contributed by atoms with van der Waals surface area (Å²) in [6.07, 6.45) is 1.94. The van der Waals surface area contributed by atoms with Crippen molar-refractivity contribution in [3.63, 3.8) is 0 Å². The molecular weight excluding hydrogens is 448 g/mol. The largest absolute Gasteiger partial charge is 0.469 e. The van der Waals surface area contributed by atoms with E-state index in [9.17, 15) is 9.18 Å². The standard InChI is InChI=1S/C19H26FN3O2.HI/c1-13-10-23(11-14(13)17(24)25-3)18(21-2)22-12-19(8-9-19)15-6-4-5-7-16(15)20;/h4-7,13-14H,8-12H2,1-3H3,(H,21,22);1H. The second-order valence-corrected chi connectivity index (χ2v) is 7.17. The van der Waals surface area contributed by atoms with E-state index < -0.39 is 0 Å². The summed E-state index contributed by atoms with van der Waals surface area (Å²) in [7, 11) is 3.16.